The number of benzene rings is 1. The van der Waals surface area contributed by atoms with E-state index in [2.05, 4.69) is 9.97 Å². The van der Waals surface area contributed by atoms with Gasteiger partial charge in [0.15, 0.2) is 0 Å². The van der Waals surface area contributed by atoms with E-state index in [1.807, 2.05) is 24.4 Å². The molecule has 1 aromatic carbocycles. The van der Waals surface area contributed by atoms with Gasteiger partial charge in [0.05, 0.1) is 11.7 Å². The molecule has 0 bridgehead atoms. The molecule has 1 saturated heterocycles. The molecule has 4 rings (SSSR count). The zero-order chi connectivity index (χ0) is 18.8. The van der Waals surface area contributed by atoms with Crippen LogP contribution in [0, 0.1) is 0 Å². The van der Waals surface area contributed by atoms with Crippen LogP contribution in [0.5, 0.6) is 0 Å². The average Bonchev–Trinajstić information content (AvgIpc) is 3.08. The van der Waals surface area contributed by atoms with Gasteiger partial charge in [0, 0.05) is 61.2 Å². The van der Waals surface area contributed by atoms with Gasteiger partial charge in [-0.15, -0.1) is 0 Å². The lowest BCUT2D eigenvalue weighted by molar-refractivity contribution is 0.0631. The SMILES string of the molecule is O=C(c1cccnc1)N1CCN(C(=O)c2ccc3[nH]ccc3c2)CC(O)C1. The molecule has 0 spiro atoms. The third-order valence-electron chi connectivity index (χ3n) is 4.79. The molecule has 2 amide bonds. The van der Waals surface area contributed by atoms with Crippen molar-refractivity contribution in [2.45, 2.75) is 6.10 Å². The highest BCUT2D eigenvalue weighted by Crippen LogP contribution is 2.17. The molecule has 3 heterocycles. The molecular weight excluding hydrogens is 344 g/mol. The lowest BCUT2D eigenvalue weighted by atomic mass is 10.1. The number of nitrogens with one attached hydrogen (secondary N) is 1. The summed E-state index contributed by atoms with van der Waals surface area (Å²) in [7, 11) is 0. The number of β-amino-alcohol motifs (C(OH)–C–C–N with tert-alkyl or cyclic N) is 1. The second kappa shape index (κ2) is 7.20. The number of rotatable bonds is 2. The van der Waals surface area contributed by atoms with Gasteiger partial charge in [-0.05, 0) is 36.4 Å². The Labute approximate surface area is 156 Å². The number of pyridine rings is 1. The Bertz CT molecular complexity index is 970. The lowest BCUT2D eigenvalue weighted by Gasteiger charge is -2.22. The van der Waals surface area contributed by atoms with Gasteiger partial charge in [0.1, 0.15) is 0 Å². The number of hydrogen-bond acceptors (Lipinski definition) is 4. The number of aliphatic hydroxyl groups excluding tert-OH is 1. The molecule has 7 heteroatoms. The standard InChI is InChI=1S/C20H20N4O3/c25-17-12-23(19(26)15-3-4-18-14(10-15)5-7-22-18)8-9-24(13-17)20(27)16-2-1-6-21-11-16/h1-7,10-11,17,22,25H,8-9,12-13H2. The molecule has 27 heavy (non-hydrogen) atoms. The third kappa shape index (κ3) is 3.54. The molecule has 2 aromatic heterocycles. The second-order valence-corrected chi connectivity index (χ2v) is 6.68. The molecule has 0 aliphatic carbocycles. The van der Waals surface area contributed by atoms with E-state index in [1.165, 1.54) is 6.20 Å². The Morgan fingerprint density at radius 1 is 1.04 bits per heavy atom. The molecule has 7 nitrogen and oxygen atoms in total. The smallest absolute Gasteiger partial charge is 0.255 e. The molecule has 1 fully saturated rings. The van der Waals surface area contributed by atoms with Crippen LogP contribution in [0.25, 0.3) is 10.9 Å². The first-order valence-electron chi connectivity index (χ1n) is 8.85. The molecule has 3 aromatic rings. The topological polar surface area (TPSA) is 89.5 Å². The Hall–Kier alpha value is -3.19. The summed E-state index contributed by atoms with van der Waals surface area (Å²) in [5, 5.41) is 11.3. The van der Waals surface area contributed by atoms with E-state index in [9.17, 15) is 14.7 Å². The van der Waals surface area contributed by atoms with Crippen LogP contribution in [-0.2, 0) is 0 Å². The van der Waals surface area contributed by atoms with Gasteiger partial charge in [-0.25, -0.2) is 0 Å². The van der Waals surface area contributed by atoms with E-state index in [0.29, 0.717) is 24.2 Å². The Balaban J connectivity index is 1.50. The van der Waals surface area contributed by atoms with Crippen LogP contribution in [-0.4, -0.2) is 69.0 Å². The van der Waals surface area contributed by atoms with Crippen molar-refractivity contribution in [3.8, 4) is 0 Å². The molecule has 1 aliphatic rings. The maximum absolute atomic E-state index is 12.9. The maximum atomic E-state index is 12.9. The maximum Gasteiger partial charge on any atom is 0.255 e. The van der Waals surface area contributed by atoms with Gasteiger partial charge in [-0.2, -0.15) is 0 Å². The minimum absolute atomic E-state index is 0.146. The fraction of sp³-hybridized carbons (Fsp3) is 0.250. The Kier molecular flexibility index (Phi) is 4.60. The molecule has 1 unspecified atom stereocenters. The minimum Gasteiger partial charge on any atom is -0.389 e. The van der Waals surface area contributed by atoms with Gasteiger partial charge in [0.2, 0.25) is 0 Å². The summed E-state index contributed by atoms with van der Waals surface area (Å²) in [6.45, 7) is 1.12. The molecular formula is C20H20N4O3. The molecule has 1 atom stereocenters. The van der Waals surface area contributed by atoms with Crippen molar-refractivity contribution < 1.29 is 14.7 Å². The first-order valence-corrected chi connectivity index (χ1v) is 8.85. The first-order chi connectivity index (χ1) is 13.1. The van der Waals surface area contributed by atoms with Crippen molar-refractivity contribution in [2.24, 2.45) is 0 Å². The van der Waals surface area contributed by atoms with E-state index in [-0.39, 0.29) is 24.9 Å². The van der Waals surface area contributed by atoms with E-state index >= 15 is 0 Å². The van der Waals surface area contributed by atoms with E-state index in [1.54, 1.807) is 34.2 Å². The highest BCUT2D eigenvalue weighted by Gasteiger charge is 2.28. The molecule has 2 N–H and O–H groups in total. The quantitative estimate of drug-likeness (QED) is 0.722. The summed E-state index contributed by atoms with van der Waals surface area (Å²) in [5.74, 6) is -0.335. The molecule has 0 saturated carbocycles. The number of hydrogen-bond donors (Lipinski definition) is 2. The minimum atomic E-state index is -0.798. The van der Waals surface area contributed by atoms with E-state index in [0.717, 1.165) is 10.9 Å². The number of aromatic amines is 1. The van der Waals surface area contributed by atoms with Gasteiger partial charge in [-0.3, -0.25) is 14.6 Å². The number of aromatic nitrogens is 2. The number of H-pyrrole nitrogens is 1. The summed E-state index contributed by atoms with van der Waals surface area (Å²) in [4.78, 5) is 35.8. The van der Waals surface area contributed by atoms with E-state index in [4.69, 9.17) is 0 Å². The zero-order valence-electron chi connectivity index (χ0n) is 14.7. The fourth-order valence-corrected chi connectivity index (χ4v) is 3.40. The zero-order valence-corrected chi connectivity index (χ0v) is 14.7. The molecule has 1 aliphatic heterocycles. The highest BCUT2D eigenvalue weighted by atomic mass is 16.3. The van der Waals surface area contributed by atoms with Crippen LogP contribution >= 0.6 is 0 Å². The molecule has 138 valence electrons. The van der Waals surface area contributed by atoms with Crippen molar-refractivity contribution in [2.75, 3.05) is 26.2 Å². The predicted molar refractivity (Wildman–Crippen MR) is 100 cm³/mol. The summed E-state index contributed by atoms with van der Waals surface area (Å²) < 4.78 is 0. The number of carbonyl (C=O) groups excluding carboxylic acids is 2. The lowest BCUT2D eigenvalue weighted by Crippen LogP contribution is -2.37. The van der Waals surface area contributed by atoms with E-state index < -0.39 is 6.10 Å². The van der Waals surface area contributed by atoms with Crippen LogP contribution in [0.3, 0.4) is 0 Å². The van der Waals surface area contributed by atoms with Crippen LogP contribution in [0.4, 0.5) is 0 Å². The second-order valence-electron chi connectivity index (χ2n) is 6.68. The average molecular weight is 364 g/mol. The van der Waals surface area contributed by atoms with Gasteiger partial charge < -0.3 is 19.9 Å². The van der Waals surface area contributed by atoms with Crippen molar-refractivity contribution in [1.29, 1.82) is 0 Å². The van der Waals surface area contributed by atoms with Crippen molar-refractivity contribution >= 4 is 22.7 Å². The summed E-state index contributed by atoms with van der Waals surface area (Å²) in [6.07, 6.45) is 4.15. The van der Waals surface area contributed by atoms with Crippen LogP contribution in [0.2, 0.25) is 0 Å². The Morgan fingerprint density at radius 3 is 2.48 bits per heavy atom. The summed E-state index contributed by atoms with van der Waals surface area (Å²) >= 11 is 0. The predicted octanol–water partition coefficient (Wildman–Crippen LogP) is 1.52. The first kappa shape index (κ1) is 17.2. The number of nitrogens with zero attached hydrogens (tertiary/aromatic N) is 3. The summed E-state index contributed by atoms with van der Waals surface area (Å²) in [5.41, 5.74) is 2.01. The Morgan fingerprint density at radius 2 is 1.78 bits per heavy atom. The highest BCUT2D eigenvalue weighted by molar-refractivity contribution is 5.98. The monoisotopic (exact) mass is 364 g/mol. The van der Waals surface area contributed by atoms with Gasteiger partial charge >= 0.3 is 0 Å². The van der Waals surface area contributed by atoms with Crippen LogP contribution < -0.4 is 0 Å². The number of aliphatic hydroxyl groups is 1. The third-order valence-corrected chi connectivity index (χ3v) is 4.79. The summed E-state index contributed by atoms with van der Waals surface area (Å²) in [6, 6.07) is 10.8. The fourth-order valence-electron chi connectivity index (χ4n) is 3.40. The molecule has 0 radical (unpaired) electrons. The van der Waals surface area contributed by atoms with Crippen molar-refractivity contribution in [1.82, 2.24) is 19.8 Å². The number of amides is 2. The number of carbonyl (C=O) groups is 2. The normalized spacial score (nSPS) is 17.7. The van der Waals surface area contributed by atoms with Crippen LogP contribution in [0.1, 0.15) is 20.7 Å². The van der Waals surface area contributed by atoms with Gasteiger partial charge in [0.25, 0.3) is 11.8 Å². The van der Waals surface area contributed by atoms with Crippen LogP contribution in [0.15, 0.2) is 55.0 Å². The van der Waals surface area contributed by atoms with Crippen molar-refractivity contribution in [3.63, 3.8) is 0 Å². The number of fused-ring (bicyclic) bond motifs is 1. The van der Waals surface area contributed by atoms with Gasteiger partial charge in [-0.1, -0.05) is 0 Å². The largest absolute Gasteiger partial charge is 0.389 e. The van der Waals surface area contributed by atoms with Crippen molar-refractivity contribution in [3.05, 3.63) is 66.1 Å².